The number of thiophene rings is 1. The number of hydrogen-bond acceptors (Lipinski definition) is 7. The average Bonchev–Trinajstić information content (AvgIpc) is 3.50. The fraction of sp³-hybridized carbons (Fsp3) is 0.550. The Bertz CT molecular complexity index is 825. The van der Waals surface area contributed by atoms with Crippen molar-refractivity contribution in [2.75, 3.05) is 18.5 Å². The molecule has 2 N–H and O–H groups in total. The molecule has 28 heavy (non-hydrogen) atoms. The maximum absolute atomic E-state index is 12.3. The summed E-state index contributed by atoms with van der Waals surface area (Å²) in [6, 6.07) is 5.56. The van der Waals surface area contributed by atoms with Crippen LogP contribution in [0.3, 0.4) is 0 Å². The lowest BCUT2D eigenvalue weighted by atomic mass is 10.0. The third kappa shape index (κ3) is 3.52. The standard InChI is InChI=1S/C20H24N4O3S/c25-19(16-6-3-9-28-16)22-14-10-26-18-15(11-27-17(14)18)24-20-21-8-7-13(23-20)12-4-1-2-5-12/h3,6-9,12,14-15,17-18H,1-2,4-5,10-11H2,(H,22,25)(H,21,23,24)/t14-,15-,17+,18+/m0/s1. The van der Waals surface area contributed by atoms with E-state index in [0.29, 0.717) is 30.0 Å². The zero-order chi connectivity index (χ0) is 18.9. The smallest absolute Gasteiger partial charge is 0.261 e. The number of aromatic nitrogens is 2. The van der Waals surface area contributed by atoms with Gasteiger partial charge in [-0.25, -0.2) is 9.97 Å². The first-order valence-electron chi connectivity index (χ1n) is 9.95. The van der Waals surface area contributed by atoms with Gasteiger partial charge in [0.05, 0.1) is 30.2 Å². The van der Waals surface area contributed by atoms with Gasteiger partial charge in [-0.1, -0.05) is 18.9 Å². The Hall–Kier alpha value is -2.03. The molecule has 1 amide bonds. The van der Waals surface area contributed by atoms with E-state index in [1.165, 1.54) is 37.0 Å². The molecule has 2 aromatic heterocycles. The van der Waals surface area contributed by atoms with Gasteiger partial charge < -0.3 is 20.1 Å². The van der Waals surface area contributed by atoms with Gasteiger partial charge in [-0.3, -0.25) is 4.79 Å². The quantitative estimate of drug-likeness (QED) is 0.802. The second-order valence-electron chi connectivity index (χ2n) is 7.69. The summed E-state index contributed by atoms with van der Waals surface area (Å²) in [4.78, 5) is 22.2. The molecule has 0 unspecified atom stereocenters. The largest absolute Gasteiger partial charge is 0.371 e. The molecule has 3 aliphatic rings. The topological polar surface area (TPSA) is 85.4 Å². The van der Waals surface area contributed by atoms with Gasteiger partial charge in [0.1, 0.15) is 12.2 Å². The molecule has 5 rings (SSSR count). The van der Waals surface area contributed by atoms with Gasteiger partial charge in [0.25, 0.3) is 5.91 Å². The molecule has 2 aromatic rings. The number of rotatable bonds is 5. The van der Waals surface area contributed by atoms with Gasteiger partial charge >= 0.3 is 0 Å². The fourth-order valence-corrected chi connectivity index (χ4v) is 5.08. The van der Waals surface area contributed by atoms with Crippen molar-refractivity contribution in [2.24, 2.45) is 0 Å². The first-order chi connectivity index (χ1) is 13.8. The first kappa shape index (κ1) is 18.0. The Morgan fingerprint density at radius 2 is 1.89 bits per heavy atom. The highest BCUT2D eigenvalue weighted by Crippen LogP contribution is 2.33. The minimum absolute atomic E-state index is 0.0209. The molecule has 4 heterocycles. The van der Waals surface area contributed by atoms with E-state index in [4.69, 9.17) is 14.5 Å². The van der Waals surface area contributed by atoms with E-state index in [1.807, 2.05) is 29.8 Å². The monoisotopic (exact) mass is 400 g/mol. The lowest BCUT2D eigenvalue weighted by molar-refractivity contribution is 0.0652. The van der Waals surface area contributed by atoms with Crippen molar-refractivity contribution in [2.45, 2.75) is 55.9 Å². The number of hydrogen-bond donors (Lipinski definition) is 2. The fourth-order valence-electron chi connectivity index (χ4n) is 4.45. The summed E-state index contributed by atoms with van der Waals surface area (Å²) >= 11 is 1.43. The van der Waals surface area contributed by atoms with Gasteiger partial charge in [0, 0.05) is 17.8 Å². The highest BCUT2D eigenvalue weighted by atomic mass is 32.1. The minimum atomic E-state index is -0.153. The summed E-state index contributed by atoms with van der Waals surface area (Å²) in [6.45, 7) is 0.964. The molecule has 0 aromatic carbocycles. The van der Waals surface area contributed by atoms with E-state index in [0.717, 1.165) is 5.69 Å². The molecule has 0 bridgehead atoms. The zero-order valence-corrected chi connectivity index (χ0v) is 16.4. The maximum Gasteiger partial charge on any atom is 0.261 e. The Morgan fingerprint density at radius 1 is 1.11 bits per heavy atom. The van der Waals surface area contributed by atoms with Crippen LogP contribution in [0.15, 0.2) is 29.8 Å². The normalized spacial score (nSPS) is 29.7. The van der Waals surface area contributed by atoms with E-state index >= 15 is 0 Å². The van der Waals surface area contributed by atoms with Gasteiger partial charge in [-0.05, 0) is 30.4 Å². The van der Waals surface area contributed by atoms with E-state index in [9.17, 15) is 4.79 Å². The third-order valence-electron chi connectivity index (χ3n) is 5.88. The lowest BCUT2D eigenvalue weighted by Gasteiger charge is -2.18. The summed E-state index contributed by atoms with van der Waals surface area (Å²) in [5, 5.41) is 8.34. The number of anilines is 1. The Balaban J connectivity index is 1.22. The number of fused-ring (bicyclic) bond motifs is 1. The van der Waals surface area contributed by atoms with Crippen LogP contribution in [0.1, 0.15) is 47.0 Å². The molecule has 8 heteroatoms. The molecule has 2 aliphatic heterocycles. The molecule has 148 valence electrons. The molecule has 0 spiro atoms. The molecule has 4 atom stereocenters. The average molecular weight is 401 g/mol. The van der Waals surface area contributed by atoms with Crippen molar-refractivity contribution in [3.8, 4) is 0 Å². The number of amides is 1. The second-order valence-corrected chi connectivity index (χ2v) is 8.64. The number of nitrogens with zero attached hydrogens (tertiary/aromatic N) is 2. The van der Waals surface area contributed by atoms with Crippen LogP contribution >= 0.6 is 11.3 Å². The SMILES string of the molecule is O=C(N[C@H]1CO[C@H]2[C@@H]1OC[C@@H]2Nc1nccc(C2CCCC2)n1)c1cccs1. The number of nitrogens with one attached hydrogen (secondary N) is 2. The van der Waals surface area contributed by atoms with Crippen LogP contribution < -0.4 is 10.6 Å². The van der Waals surface area contributed by atoms with Crippen LogP contribution in [0, 0.1) is 0 Å². The summed E-state index contributed by atoms with van der Waals surface area (Å²) in [5.74, 6) is 1.11. The van der Waals surface area contributed by atoms with E-state index in [-0.39, 0.29) is 30.2 Å². The van der Waals surface area contributed by atoms with Crippen LogP contribution in [0.5, 0.6) is 0 Å². The van der Waals surface area contributed by atoms with E-state index in [2.05, 4.69) is 15.6 Å². The van der Waals surface area contributed by atoms with Gasteiger partial charge in [-0.15, -0.1) is 11.3 Å². The van der Waals surface area contributed by atoms with Crippen LogP contribution in [0.2, 0.25) is 0 Å². The van der Waals surface area contributed by atoms with Crippen molar-refractivity contribution in [3.63, 3.8) is 0 Å². The summed E-state index contributed by atoms with van der Waals surface area (Å²) in [5.41, 5.74) is 1.12. The number of carbonyl (C=O) groups excluding carboxylic acids is 1. The van der Waals surface area contributed by atoms with Crippen molar-refractivity contribution in [1.29, 1.82) is 0 Å². The van der Waals surface area contributed by atoms with Crippen molar-refractivity contribution < 1.29 is 14.3 Å². The minimum Gasteiger partial charge on any atom is -0.371 e. The van der Waals surface area contributed by atoms with Crippen molar-refractivity contribution in [3.05, 3.63) is 40.3 Å². The first-order valence-corrected chi connectivity index (χ1v) is 10.8. The van der Waals surface area contributed by atoms with Crippen LogP contribution in [0.4, 0.5) is 5.95 Å². The van der Waals surface area contributed by atoms with Crippen molar-refractivity contribution in [1.82, 2.24) is 15.3 Å². The molecule has 1 aliphatic carbocycles. The molecule has 0 radical (unpaired) electrons. The summed E-state index contributed by atoms with van der Waals surface area (Å²) in [7, 11) is 0. The Labute approximate surface area is 167 Å². The summed E-state index contributed by atoms with van der Waals surface area (Å²) < 4.78 is 11.9. The Kier molecular flexibility index (Phi) is 5.00. The lowest BCUT2D eigenvalue weighted by Crippen LogP contribution is -2.44. The summed E-state index contributed by atoms with van der Waals surface area (Å²) in [6.07, 6.45) is 6.54. The molecular formula is C20H24N4O3S. The predicted molar refractivity (Wildman–Crippen MR) is 106 cm³/mol. The maximum atomic E-state index is 12.3. The van der Waals surface area contributed by atoms with Crippen LogP contribution in [0.25, 0.3) is 0 Å². The molecule has 2 saturated heterocycles. The van der Waals surface area contributed by atoms with Crippen molar-refractivity contribution >= 4 is 23.2 Å². The molecule has 3 fully saturated rings. The van der Waals surface area contributed by atoms with Gasteiger partial charge in [-0.2, -0.15) is 0 Å². The van der Waals surface area contributed by atoms with E-state index < -0.39 is 0 Å². The highest BCUT2D eigenvalue weighted by molar-refractivity contribution is 7.12. The predicted octanol–water partition coefficient (Wildman–Crippen LogP) is 2.57. The molecule has 7 nitrogen and oxygen atoms in total. The van der Waals surface area contributed by atoms with Gasteiger partial charge in [0.15, 0.2) is 0 Å². The van der Waals surface area contributed by atoms with Crippen LogP contribution in [-0.2, 0) is 9.47 Å². The Morgan fingerprint density at radius 3 is 2.68 bits per heavy atom. The number of carbonyl (C=O) groups is 1. The highest BCUT2D eigenvalue weighted by Gasteiger charge is 2.48. The molecular weight excluding hydrogens is 376 g/mol. The van der Waals surface area contributed by atoms with E-state index in [1.54, 1.807) is 0 Å². The number of ether oxygens (including phenoxy) is 2. The zero-order valence-electron chi connectivity index (χ0n) is 15.5. The van der Waals surface area contributed by atoms with Gasteiger partial charge in [0.2, 0.25) is 5.95 Å². The molecule has 1 saturated carbocycles. The second kappa shape index (κ2) is 7.77. The van der Waals surface area contributed by atoms with Crippen LogP contribution in [-0.4, -0.2) is 53.4 Å². The third-order valence-corrected chi connectivity index (χ3v) is 6.75.